The molecule has 1 amide bonds. The molecule has 4 aromatic carbocycles. The second-order valence-corrected chi connectivity index (χ2v) is 7.53. The van der Waals surface area contributed by atoms with Crippen molar-refractivity contribution >= 4 is 34.4 Å². The lowest BCUT2D eigenvalue weighted by molar-refractivity contribution is -0.137. The Morgan fingerprint density at radius 2 is 1.74 bits per heavy atom. The smallest absolute Gasteiger partial charge is 0.330 e. The first kappa shape index (κ1) is 22.9. The second kappa shape index (κ2) is 10.1. The van der Waals surface area contributed by atoms with E-state index in [2.05, 4.69) is 5.32 Å². The fourth-order valence-corrected chi connectivity index (χ4v) is 3.62. The molecule has 0 saturated carbocycles. The highest BCUT2D eigenvalue weighted by Gasteiger charge is 2.15. The van der Waals surface area contributed by atoms with E-state index in [9.17, 15) is 18.4 Å². The lowest BCUT2D eigenvalue weighted by Gasteiger charge is -2.12. The van der Waals surface area contributed by atoms with Gasteiger partial charge in [0, 0.05) is 11.6 Å². The van der Waals surface area contributed by atoms with Crippen LogP contribution in [0.25, 0.3) is 28.0 Å². The Hall–Kier alpha value is -4.32. The Balaban J connectivity index is 1.70. The molecule has 0 atom stereocenters. The van der Waals surface area contributed by atoms with E-state index in [0.717, 1.165) is 5.39 Å². The van der Waals surface area contributed by atoms with Crippen LogP contribution < -0.4 is 5.32 Å². The van der Waals surface area contributed by atoms with Gasteiger partial charge in [-0.3, -0.25) is 4.79 Å². The topological polar surface area (TPSA) is 55.4 Å². The van der Waals surface area contributed by atoms with E-state index in [0.29, 0.717) is 27.6 Å². The molecule has 1 N–H and O–H groups in total. The summed E-state index contributed by atoms with van der Waals surface area (Å²) in [4.78, 5) is 24.8. The molecule has 0 aliphatic carbocycles. The molecule has 0 heterocycles. The summed E-state index contributed by atoms with van der Waals surface area (Å²) in [5.74, 6) is -2.03. The van der Waals surface area contributed by atoms with Crippen molar-refractivity contribution in [1.29, 1.82) is 0 Å². The molecule has 0 bridgehead atoms. The number of rotatable bonds is 6. The highest BCUT2D eigenvalue weighted by Crippen LogP contribution is 2.29. The summed E-state index contributed by atoms with van der Waals surface area (Å²) < 4.78 is 33.1. The number of amides is 1. The molecule has 0 radical (unpaired) electrons. The first-order valence-corrected chi connectivity index (χ1v) is 10.7. The van der Waals surface area contributed by atoms with Gasteiger partial charge in [-0.15, -0.1) is 0 Å². The molecule has 170 valence electrons. The van der Waals surface area contributed by atoms with E-state index in [1.54, 1.807) is 31.2 Å². The van der Waals surface area contributed by atoms with Crippen LogP contribution in [0.3, 0.4) is 0 Å². The van der Waals surface area contributed by atoms with Crippen molar-refractivity contribution in [3.8, 4) is 11.1 Å². The number of nitrogens with one attached hydrogen (secondary N) is 1. The van der Waals surface area contributed by atoms with E-state index in [1.807, 2.05) is 24.3 Å². The first-order valence-electron chi connectivity index (χ1n) is 10.7. The molecule has 0 unspecified atom stereocenters. The van der Waals surface area contributed by atoms with Crippen LogP contribution in [0.4, 0.5) is 14.5 Å². The number of benzene rings is 4. The van der Waals surface area contributed by atoms with Crippen molar-refractivity contribution in [2.75, 3.05) is 11.9 Å². The number of fused-ring (bicyclic) bond motifs is 1. The van der Waals surface area contributed by atoms with E-state index < -0.39 is 17.7 Å². The number of halogens is 2. The van der Waals surface area contributed by atoms with Crippen LogP contribution in [-0.4, -0.2) is 18.5 Å². The quantitative estimate of drug-likeness (QED) is 0.262. The molecule has 4 nitrogen and oxygen atoms in total. The van der Waals surface area contributed by atoms with Gasteiger partial charge in [-0.25, -0.2) is 13.6 Å². The Bertz CT molecular complexity index is 1410. The summed E-state index contributed by atoms with van der Waals surface area (Å²) in [6.45, 7) is 1.95. The number of esters is 1. The third-order valence-electron chi connectivity index (χ3n) is 5.20. The minimum atomic E-state index is -0.618. The maximum atomic E-state index is 14.5. The molecule has 0 spiro atoms. The van der Waals surface area contributed by atoms with Gasteiger partial charge >= 0.3 is 5.97 Å². The Kier molecular flexibility index (Phi) is 6.78. The van der Waals surface area contributed by atoms with Gasteiger partial charge in [-0.1, -0.05) is 42.5 Å². The Morgan fingerprint density at radius 3 is 2.53 bits per heavy atom. The van der Waals surface area contributed by atoms with Crippen LogP contribution in [0.15, 0.2) is 84.9 Å². The molecule has 6 heteroatoms. The first-order chi connectivity index (χ1) is 16.4. The lowest BCUT2D eigenvalue weighted by Crippen LogP contribution is -2.14. The van der Waals surface area contributed by atoms with Gasteiger partial charge in [-0.2, -0.15) is 0 Å². The molecule has 0 aromatic heterocycles. The van der Waals surface area contributed by atoms with Crippen molar-refractivity contribution in [2.24, 2.45) is 0 Å². The lowest BCUT2D eigenvalue weighted by atomic mass is 9.96. The van der Waals surface area contributed by atoms with Gasteiger partial charge in [0.2, 0.25) is 0 Å². The van der Waals surface area contributed by atoms with Crippen LogP contribution in [0.2, 0.25) is 0 Å². The molecule has 0 saturated heterocycles. The van der Waals surface area contributed by atoms with E-state index >= 15 is 0 Å². The maximum absolute atomic E-state index is 14.5. The second-order valence-electron chi connectivity index (χ2n) is 7.53. The number of ether oxygens (including phenoxy) is 1. The number of hydrogen-bond acceptors (Lipinski definition) is 3. The van der Waals surface area contributed by atoms with Crippen LogP contribution in [0.5, 0.6) is 0 Å². The van der Waals surface area contributed by atoms with Crippen LogP contribution >= 0.6 is 0 Å². The van der Waals surface area contributed by atoms with Crippen LogP contribution in [0.1, 0.15) is 22.8 Å². The predicted molar refractivity (Wildman–Crippen MR) is 129 cm³/mol. The fraction of sp³-hybridized carbons (Fsp3) is 0.0714. The number of anilines is 1. The third kappa shape index (κ3) is 5.18. The van der Waals surface area contributed by atoms with Gasteiger partial charge in [-0.05, 0) is 76.9 Å². The van der Waals surface area contributed by atoms with Crippen molar-refractivity contribution in [3.63, 3.8) is 0 Å². The molecule has 0 aliphatic heterocycles. The van der Waals surface area contributed by atoms with Crippen molar-refractivity contribution in [1.82, 2.24) is 0 Å². The molecule has 0 fully saturated rings. The molecule has 0 aliphatic rings. The largest absolute Gasteiger partial charge is 0.463 e. The summed E-state index contributed by atoms with van der Waals surface area (Å²) in [6.07, 6.45) is 2.71. The SMILES string of the molecule is CCOC(=O)C=Cc1ccc(F)c(NC(=O)c2cc(-c3cccc(F)c3)cc3ccccc23)c1. The maximum Gasteiger partial charge on any atom is 0.330 e. The highest BCUT2D eigenvalue weighted by molar-refractivity contribution is 6.14. The highest BCUT2D eigenvalue weighted by atomic mass is 19.1. The monoisotopic (exact) mass is 457 g/mol. The standard InChI is InChI=1S/C28H21F2NO3/c1-2-34-27(32)13-11-18-10-12-25(30)26(14-18)31-28(33)24-17-21(19-7-5-8-22(29)16-19)15-20-6-3-4-9-23(20)24/h3-17H,2H2,1H3,(H,31,33). The third-order valence-corrected chi connectivity index (χ3v) is 5.20. The molecular weight excluding hydrogens is 436 g/mol. The fourth-order valence-electron chi connectivity index (χ4n) is 3.62. The Morgan fingerprint density at radius 1 is 0.912 bits per heavy atom. The summed E-state index contributed by atoms with van der Waals surface area (Å²) in [7, 11) is 0. The van der Waals surface area contributed by atoms with Crippen molar-refractivity contribution in [3.05, 3.63) is 108 Å². The van der Waals surface area contributed by atoms with Crippen molar-refractivity contribution in [2.45, 2.75) is 6.92 Å². The average Bonchev–Trinajstić information content (AvgIpc) is 2.84. The molecule has 4 rings (SSSR count). The van der Waals surface area contributed by atoms with Crippen LogP contribution in [0, 0.1) is 11.6 Å². The van der Waals surface area contributed by atoms with E-state index in [4.69, 9.17) is 4.74 Å². The number of carbonyl (C=O) groups excluding carboxylic acids is 2. The summed E-state index contributed by atoms with van der Waals surface area (Å²) in [5.41, 5.74) is 2.09. The van der Waals surface area contributed by atoms with E-state index in [-0.39, 0.29) is 18.1 Å². The van der Waals surface area contributed by atoms with Gasteiger partial charge in [0.05, 0.1) is 12.3 Å². The average molecular weight is 457 g/mol. The summed E-state index contributed by atoms with van der Waals surface area (Å²) >= 11 is 0. The van der Waals surface area contributed by atoms with Gasteiger partial charge < -0.3 is 10.1 Å². The van der Waals surface area contributed by atoms with Crippen LogP contribution in [-0.2, 0) is 9.53 Å². The zero-order valence-corrected chi connectivity index (χ0v) is 18.3. The normalized spacial score (nSPS) is 11.0. The number of hydrogen-bond donors (Lipinski definition) is 1. The van der Waals surface area contributed by atoms with Gasteiger partial charge in [0.15, 0.2) is 0 Å². The van der Waals surface area contributed by atoms with Gasteiger partial charge in [0.25, 0.3) is 5.91 Å². The van der Waals surface area contributed by atoms with Gasteiger partial charge in [0.1, 0.15) is 11.6 Å². The molecule has 34 heavy (non-hydrogen) atoms. The van der Waals surface area contributed by atoms with E-state index in [1.165, 1.54) is 42.5 Å². The minimum Gasteiger partial charge on any atom is -0.463 e. The summed E-state index contributed by atoms with van der Waals surface area (Å²) in [5, 5.41) is 4.10. The summed E-state index contributed by atoms with van der Waals surface area (Å²) in [6, 6.07) is 21.1. The number of carbonyl (C=O) groups is 2. The predicted octanol–water partition coefficient (Wildman–Crippen LogP) is 6.61. The molecular formula is C28H21F2NO3. The molecule has 4 aromatic rings. The van der Waals surface area contributed by atoms with Crippen molar-refractivity contribution < 1.29 is 23.1 Å². The zero-order chi connectivity index (χ0) is 24.1. The Labute approximate surface area is 195 Å². The zero-order valence-electron chi connectivity index (χ0n) is 18.3. The minimum absolute atomic E-state index is 0.0313.